The number of aryl methyl sites for hydroxylation is 1. The van der Waals surface area contributed by atoms with Gasteiger partial charge < -0.3 is 9.52 Å². The number of oxazole rings is 1. The van der Waals surface area contributed by atoms with Crippen LogP contribution < -0.4 is 0 Å². The number of benzene rings is 1. The molecule has 1 aliphatic rings. The SMILES string of the molecule is Cc1cnc(CN(C)[C@@H]2CCN(C[C@](C)(O)c3ccccc3)C2)o1. The van der Waals surface area contributed by atoms with Crippen LogP contribution in [0, 0.1) is 6.92 Å². The highest BCUT2D eigenvalue weighted by Gasteiger charge is 2.32. The average Bonchev–Trinajstić information content (AvgIpc) is 3.17. The zero-order valence-electron chi connectivity index (χ0n) is 14.8. The number of likely N-dealkylation sites (N-methyl/N-ethyl adjacent to an activating group) is 1. The van der Waals surface area contributed by atoms with Crippen LogP contribution in [-0.4, -0.2) is 52.6 Å². The summed E-state index contributed by atoms with van der Waals surface area (Å²) < 4.78 is 5.57. The standard InChI is InChI=1S/C19H27N3O2/c1-15-11-20-18(24-15)13-21(3)17-9-10-22(12-17)14-19(2,23)16-7-5-4-6-8-16/h4-8,11,17,23H,9-10,12-14H2,1-3H3/t17-,19+/m1/s1. The minimum atomic E-state index is -0.825. The van der Waals surface area contributed by atoms with Crippen molar-refractivity contribution in [1.82, 2.24) is 14.8 Å². The van der Waals surface area contributed by atoms with Crippen LogP contribution in [0.15, 0.2) is 40.9 Å². The topological polar surface area (TPSA) is 52.7 Å². The Morgan fingerprint density at radius 1 is 1.38 bits per heavy atom. The van der Waals surface area contributed by atoms with E-state index in [2.05, 4.69) is 21.8 Å². The molecule has 2 aromatic rings. The maximum Gasteiger partial charge on any atom is 0.208 e. The summed E-state index contributed by atoms with van der Waals surface area (Å²) in [6.45, 7) is 7.15. The fourth-order valence-corrected chi connectivity index (χ4v) is 3.46. The second-order valence-electron chi connectivity index (χ2n) is 7.10. The van der Waals surface area contributed by atoms with Crippen LogP contribution >= 0.6 is 0 Å². The van der Waals surface area contributed by atoms with Crippen molar-refractivity contribution in [3.63, 3.8) is 0 Å². The van der Waals surface area contributed by atoms with Gasteiger partial charge in [0.05, 0.1) is 18.3 Å². The van der Waals surface area contributed by atoms with Gasteiger partial charge in [-0.05, 0) is 39.4 Å². The third kappa shape index (κ3) is 4.04. The molecule has 5 nitrogen and oxygen atoms in total. The first-order chi connectivity index (χ1) is 11.4. The summed E-state index contributed by atoms with van der Waals surface area (Å²) in [7, 11) is 2.11. The van der Waals surface area contributed by atoms with Crippen molar-refractivity contribution in [2.75, 3.05) is 26.7 Å². The van der Waals surface area contributed by atoms with Gasteiger partial charge >= 0.3 is 0 Å². The molecule has 1 aliphatic heterocycles. The highest BCUT2D eigenvalue weighted by Crippen LogP contribution is 2.25. The molecule has 5 heteroatoms. The molecular weight excluding hydrogens is 302 g/mol. The van der Waals surface area contributed by atoms with Crippen LogP contribution in [0.1, 0.15) is 30.6 Å². The number of likely N-dealkylation sites (tertiary alicyclic amines) is 1. The fraction of sp³-hybridized carbons (Fsp3) is 0.526. The molecule has 2 atom stereocenters. The second-order valence-corrected chi connectivity index (χ2v) is 7.10. The van der Waals surface area contributed by atoms with Crippen molar-refractivity contribution in [3.05, 3.63) is 53.7 Å². The largest absolute Gasteiger partial charge is 0.445 e. The number of rotatable bonds is 6. The normalized spacial score (nSPS) is 21.3. The van der Waals surface area contributed by atoms with E-state index >= 15 is 0 Å². The predicted octanol–water partition coefficient (Wildman–Crippen LogP) is 2.40. The molecule has 0 unspecified atom stereocenters. The van der Waals surface area contributed by atoms with Gasteiger partial charge in [0.15, 0.2) is 0 Å². The van der Waals surface area contributed by atoms with Crippen LogP contribution in [0.5, 0.6) is 0 Å². The van der Waals surface area contributed by atoms with E-state index in [0.717, 1.165) is 43.3 Å². The number of β-amino-alcohol motifs (C(OH)–C–C–N with tert-alkyl or cyclic N) is 1. The van der Waals surface area contributed by atoms with E-state index in [4.69, 9.17) is 4.42 Å². The quantitative estimate of drug-likeness (QED) is 0.882. The van der Waals surface area contributed by atoms with E-state index in [9.17, 15) is 5.11 Å². The van der Waals surface area contributed by atoms with Gasteiger partial charge in [0.2, 0.25) is 5.89 Å². The predicted molar refractivity (Wildman–Crippen MR) is 93.6 cm³/mol. The van der Waals surface area contributed by atoms with E-state index < -0.39 is 5.60 Å². The van der Waals surface area contributed by atoms with E-state index in [1.807, 2.05) is 44.2 Å². The Labute approximate surface area is 143 Å². The van der Waals surface area contributed by atoms with Crippen molar-refractivity contribution >= 4 is 0 Å². The fourth-order valence-electron chi connectivity index (χ4n) is 3.46. The summed E-state index contributed by atoms with van der Waals surface area (Å²) in [5, 5.41) is 10.8. The molecule has 0 amide bonds. The first-order valence-electron chi connectivity index (χ1n) is 8.56. The molecule has 1 aromatic heterocycles. The third-order valence-electron chi connectivity index (χ3n) is 4.85. The van der Waals surface area contributed by atoms with Gasteiger partial charge in [-0.2, -0.15) is 0 Å². The molecule has 1 N–H and O–H groups in total. The number of hydrogen-bond donors (Lipinski definition) is 1. The first kappa shape index (κ1) is 17.1. The number of hydrogen-bond acceptors (Lipinski definition) is 5. The Kier molecular flexibility index (Phi) is 5.04. The molecule has 0 saturated carbocycles. The molecule has 0 bridgehead atoms. The lowest BCUT2D eigenvalue weighted by molar-refractivity contribution is 0.0207. The van der Waals surface area contributed by atoms with Crippen LogP contribution in [0.3, 0.4) is 0 Å². The van der Waals surface area contributed by atoms with Gasteiger partial charge in [-0.3, -0.25) is 9.80 Å². The molecular formula is C19H27N3O2. The molecule has 0 radical (unpaired) electrons. The Hall–Kier alpha value is -1.69. The molecule has 2 heterocycles. The Morgan fingerprint density at radius 3 is 2.79 bits per heavy atom. The van der Waals surface area contributed by atoms with Crippen LogP contribution in [0.2, 0.25) is 0 Å². The molecule has 130 valence electrons. The lowest BCUT2D eigenvalue weighted by Gasteiger charge is -2.30. The van der Waals surface area contributed by atoms with Gasteiger partial charge in [0.1, 0.15) is 5.76 Å². The molecule has 24 heavy (non-hydrogen) atoms. The highest BCUT2D eigenvalue weighted by atomic mass is 16.4. The molecule has 0 aliphatic carbocycles. The van der Waals surface area contributed by atoms with E-state index in [1.165, 1.54) is 0 Å². The van der Waals surface area contributed by atoms with Crippen molar-refractivity contribution in [2.45, 2.75) is 38.5 Å². The van der Waals surface area contributed by atoms with E-state index in [-0.39, 0.29) is 0 Å². The van der Waals surface area contributed by atoms with Gasteiger partial charge in [-0.1, -0.05) is 30.3 Å². The summed E-state index contributed by atoms with van der Waals surface area (Å²) >= 11 is 0. The average molecular weight is 329 g/mol. The summed E-state index contributed by atoms with van der Waals surface area (Å²) in [5.41, 5.74) is 0.145. The number of nitrogens with zero attached hydrogens (tertiary/aromatic N) is 3. The zero-order valence-corrected chi connectivity index (χ0v) is 14.8. The molecule has 1 fully saturated rings. The number of aromatic nitrogens is 1. The summed E-state index contributed by atoms with van der Waals surface area (Å²) in [4.78, 5) is 8.92. The smallest absolute Gasteiger partial charge is 0.208 e. The summed E-state index contributed by atoms with van der Waals surface area (Å²) in [6.07, 6.45) is 2.86. The third-order valence-corrected chi connectivity index (χ3v) is 4.85. The van der Waals surface area contributed by atoms with Crippen LogP contribution in [0.4, 0.5) is 0 Å². The van der Waals surface area contributed by atoms with E-state index in [0.29, 0.717) is 12.6 Å². The van der Waals surface area contributed by atoms with Gasteiger partial charge in [-0.15, -0.1) is 0 Å². The lowest BCUT2D eigenvalue weighted by Crippen LogP contribution is -2.40. The summed E-state index contributed by atoms with van der Waals surface area (Å²) in [5.74, 6) is 1.62. The molecule has 1 saturated heterocycles. The number of aliphatic hydroxyl groups is 1. The van der Waals surface area contributed by atoms with Crippen molar-refractivity contribution < 1.29 is 9.52 Å². The van der Waals surface area contributed by atoms with Crippen molar-refractivity contribution in [1.29, 1.82) is 0 Å². The Bertz CT molecular complexity index is 654. The maximum absolute atomic E-state index is 10.8. The highest BCUT2D eigenvalue weighted by molar-refractivity contribution is 5.21. The van der Waals surface area contributed by atoms with Crippen LogP contribution in [-0.2, 0) is 12.1 Å². The van der Waals surface area contributed by atoms with Gasteiger partial charge in [0, 0.05) is 19.1 Å². The monoisotopic (exact) mass is 329 g/mol. The minimum Gasteiger partial charge on any atom is -0.445 e. The first-order valence-corrected chi connectivity index (χ1v) is 8.56. The van der Waals surface area contributed by atoms with Gasteiger partial charge in [-0.25, -0.2) is 4.98 Å². The Balaban J connectivity index is 1.55. The molecule has 1 aromatic carbocycles. The van der Waals surface area contributed by atoms with Crippen molar-refractivity contribution in [2.24, 2.45) is 0 Å². The zero-order chi connectivity index (χ0) is 17.2. The lowest BCUT2D eigenvalue weighted by atomic mass is 9.95. The van der Waals surface area contributed by atoms with E-state index in [1.54, 1.807) is 6.20 Å². The molecule has 3 rings (SSSR count). The second kappa shape index (κ2) is 7.05. The summed E-state index contributed by atoms with van der Waals surface area (Å²) in [6, 6.07) is 10.4. The molecule has 0 spiro atoms. The van der Waals surface area contributed by atoms with Gasteiger partial charge in [0.25, 0.3) is 0 Å². The van der Waals surface area contributed by atoms with Crippen LogP contribution in [0.25, 0.3) is 0 Å². The Morgan fingerprint density at radius 2 is 2.12 bits per heavy atom. The minimum absolute atomic E-state index is 0.462. The van der Waals surface area contributed by atoms with Crippen molar-refractivity contribution in [3.8, 4) is 0 Å². The maximum atomic E-state index is 10.8.